The number of methoxy groups -OCH3 is 2. The van der Waals surface area contributed by atoms with Crippen LogP contribution in [0.3, 0.4) is 0 Å². The predicted molar refractivity (Wildman–Crippen MR) is 147 cm³/mol. The van der Waals surface area contributed by atoms with E-state index in [-0.39, 0.29) is 9.23 Å². The van der Waals surface area contributed by atoms with Crippen molar-refractivity contribution in [2.24, 2.45) is 0 Å². The highest BCUT2D eigenvalue weighted by Gasteiger charge is 2.56. The molecule has 0 bridgehead atoms. The van der Waals surface area contributed by atoms with E-state index in [4.69, 9.17) is 45.4 Å². The summed E-state index contributed by atoms with van der Waals surface area (Å²) in [6.07, 6.45) is -5.39. The second-order valence-electron chi connectivity index (χ2n) is 8.76. The van der Waals surface area contributed by atoms with Crippen LogP contribution in [-0.2, 0) is 47.7 Å². The molecule has 0 radical (unpaired) electrons. The molecule has 13 nitrogen and oxygen atoms in total. The van der Waals surface area contributed by atoms with E-state index in [2.05, 4.69) is 0 Å². The second-order valence-corrected chi connectivity index (χ2v) is 10.4. The molecule has 0 aliphatic carbocycles. The van der Waals surface area contributed by atoms with Gasteiger partial charge in [0.25, 0.3) is 5.91 Å². The maximum Gasteiger partial charge on any atom is 0.303 e. The number of hydrogen-bond acceptors (Lipinski definition) is 14. The third-order valence-electron chi connectivity index (χ3n) is 5.75. The quantitative estimate of drug-likeness (QED) is 0.173. The Morgan fingerprint density at radius 1 is 0.902 bits per heavy atom. The normalized spacial score (nSPS) is 25.0. The summed E-state index contributed by atoms with van der Waals surface area (Å²) >= 11 is 6.46. The van der Waals surface area contributed by atoms with Crippen molar-refractivity contribution in [1.29, 1.82) is 0 Å². The highest BCUT2D eigenvalue weighted by Crippen LogP contribution is 2.40. The summed E-state index contributed by atoms with van der Waals surface area (Å²) in [7, 11) is 2.97. The molecule has 0 aromatic heterocycles. The van der Waals surface area contributed by atoms with Crippen LogP contribution in [0.1, 0.15) is 33.3 Å². The molecule has 1 amide bonds. The molecule has 1 aromatic carbocycles. The molecule has 0 unspecified atom stereocenters. The van der Waals surface area contributed by atoms with Crippen LogP contribution in [0.4, 0.5) is 0 Å². The fourth-order valence-corrected chi connectivity index (χ4v) is 5.52. The monoisotopic (exact) mass is 611 g/mol. The van der Waals surface area contributed by atoms with Gasteiger partial charge in [0.15, 0.2) is 40.4 Å². The molecule has 3 rings (SSSR count). The maximum atomic E-state index is 13.7. The molecule has 2 heterocycles. The van der Waals surface area contributed by atoms with Crippen molar-refractivity contribution in [2.75, 3.05) is 20.8 Å². The number of ether oxygens (including phenoxy) is 7. The first-order valence-electron chi connectivity index (χ1n) is 12.2. The van der Waals surface area contributed by atoms with E-state index in [1.54, 1.807) is 24.3 Å². The topological polar surface area (TPSA) is 153 Å². The van der Waals surface area contributed by atoms with Crippen LogP contribution in [0.5, 0.6) is 11.5 Å². The summed E-state index contributed by atoms with van der Waals surface area (Å²) in [5.41, 5.74) is 0.602. The molecular weight excluding hydrogens is 582 g/mol. The third-order valence-corrected chi connectivity index (χ3v) is 7.08. The molecule has 0 spiro atoms. The first kappa shape index (κ1) is 31.8. The van der Waals surface area contributed by atoms with Gasteiger partial charge in [-0.2, -0.15) is 0 Å². The summed E-state index contributed by atoms with van der Waals surface area (Å²) in [5, 5.41) is 0. The molecule has 0 saturated carbocycles. The number of rotatable bonds is 9. The fourth-order valence-electron chi connectivity index (χ4n) is 4.21. The van der Waals surface area contributed by atoms with E-state index in [9.17, 15) is 24.0 Å². The Kier molecular flexibility index (Phi) is 10.7. The molecule has 1 aromatic rings. The van der Waals surface area contributed by atoms with Gasteiger partial charge in [-0.3, -0.25) is 28.9 Å². The molecule has 15 heteroatoms. The molecule has 2 saturated heterocycles. The minimum atomic E-state index is -1.47. The Labute approximate surface area is 245 Å². The number of nitrogens with zero attached hydrogens (tertiary/aromatic N) is 1. The zero-order chi connectivity index (χ0) is 30.4. The first-order valence-corrected chi connectivity index (χ1v) is 13.4. The number of carbonyl (C=O) groups excluding carboxylic acids is 5. The van der Waals surface area contributed by atoms with Gasteiger partial charge in [-0.1, -0.05) is 30.0 Å². The van der Waals surface area contributed by atoms with Gasteiger partial charge in [-0.05, 0) is 23.8 Å². The largest absolute Gasteiger partial charge is 0.493 e. The van der Waals surface area contributed by atoms with Gasteiger partial charge in [0, 0.05) is 27.7 Å². The lowest BCUT2D eigenvalue weighted by molar-refractivity contribution is -0.268. The lowest BCUT2D eigenvalue weighted by Gasteiger charge is -2.46. The molecule has 5 atom stereocenters. The Bertz CT molecular complexity index is 1260. The Balaban J connectivity index is 2.05. The number of carbonyl (C=O) groups is 5. The molecule has 0 N–H and O–H groups in total. The number of benzene rings is 1. The standard InChI is InChI=1S/C26H29NO12S2/c1-12(28)35-11-19-21(36-13(2)29)22(37-14(3)30)23(38-15(4)31)25(39-19)27-24(32)20(41-26(27)40)10-16-7-8-17(33-5)18(9-16)34-6/h7-10,19,21-23,25H,11H2,1-6H3/b20-10+/t19-,21+,22+,23+,25-/m1/s1. The van der Waals surface area contributed by atoms with Crippen molar-refractivity contribution in [3.8, 4) is 11.5 Å². The van der Waals surface area contributed by atoms with E-state index >= 15 is 0 Å². The maximum absolute atomic E-state index is 13.7. The number of hydrogen-bond donors (Lipinski definition) is 0. The molecular formula is C26H29NO12S2. The summed E-state index contributed by atoms with van der Waals surface area (Å²) in [4.78, 5) is 62.7. The Morgan fingerprint density at radius 3 is 2.05 bits per heavy atom. The van der Waals surface area contributed by atoms with E-state index in [1.165, 1.54) is 14.2 Å². The zero-order valence-corrected chi connectivity index (χ0v) is 24.7. The Morgan fingerprint density at radius 2 is 1.49 bits per heavy atom. The van der Waals surface area contributed by atoms with Gasteiger partial charge in [0.2, 0.25) is 0 Å². The van der Waals surface area contributed by atoms with Gasteiger partial charge in [0.1, 0.15) is 12.7 Å². The minimum Gasteiger partial charge on any atom is -0.493 e. The van der Waals surface area contributed by atoms with Crippen molar-refractivity contribution < 1.29 is 57.1 Å². The van der Waals surface area contributed by atoms with Gasteiger partial charge in [-0.25, -0.2) is 0 Å². The van der Waals surface area contributed by atoms with Crippen molar-refractivity contribution >= 4 is 64.2 Å². The van der Waals surface area contributed by atoms with E-state index in [0.717, 1.165) is 44.4 Å². The van der Waals surface area contributed by atoms with Crippen LogP contribution in [0.2, 0.25) is 0 Å². The molecule has 2 fully saturated rings. The second kappa shape index (κ2) is 13.8. The summed E-state index contributed by atoms with van der Waals surface area (Å²) in [6.45, 7) is 4.04. The van der Waals surface area contributed by atoms with Crippen molar-refractivity contribution in [3.05, 3.63) is 28.7 Å². The zero-order valence-electron chi connectivity index (χ0n) is 23.1. The highest BCUT2D eigenvalue weighted by molar-refractivity contribution is 8.26. The SMILES string of the molecule is COc1ccc(/C=C2/SC(=S)N([C@@H]3O[C@H](COC(C)=O)[C@H](OC(C)=O)[C@H](OC(C)=O)[C@@H]3OC(C)=O)C2=O)cc1OC. The smallest absolute Gasteiger partial charge is 0.303 e. The molecule has 222 valence electrons. The van der Waals surface area contributed by atoms with Crippen LogP contribution >= 0.6 is 24.0 Å². The van der Waals surface area contributed by atoms with Crippen LogP contribution in [0, 0.1) is 0 Å². The van der Waals surface area contributed by atoms with Crippen LogP contribution < -0.4 is 9.47 Å². The average Bonchev–Trinajstić information content (AvgIpc) is 3.16. The van der Waals surface area contributed by atoms with Crippen LogP contribution in [-0.4, -0.2) is 90.5 Å². The van der Waals surface area contributed by atoms with Gasteiger partial charge in [-0.15, -0.1) is 0 Å². The fraction of sp³-hybridized carbons (Fsp3) is 0.462. The first-order chi connectivity index (χ1) is 19.4. The van der Waals surface area contributed by atoms with E-state index in [0.29, 0.717) is 17.1 Å². The van der Waals surface area contributed by atoms with Crippen molar-refractivity contribution in [2.45, 2.75) is 58.3 Å². The average molecular weight is 612 g/mol. The Hall–Kier alpha value is -3.69. The van der Waals surface area contributed by atoms with Crippen LogP contribution in [0.25, 0.3) is 6.08 Å². The molecule has 2 aliphatic rings. The number of esters is 4. The van der Waals surface area contributed by atoms with Crippen LogP contribution in [0.15, 0.2) is 23.1 Å². The summed E-state index contributed by atoms with van der Waals surface area (Å²) in [5.74, 6) is -2.70. The number of thiocarbonyl (C=S) groups is 1. The van der Waals surface area contributed by atoms with Crippen molar-refractivity contribution in [1.82, 2.24) is 4.90 Å². The molecule has 41 heavy (non-hydrogen) atoms. The minimum absolute atomic E-state index is 0.0441. The van der Waals surface area contributed by atoms with E-state index < -0.39 is 67.0 Å². The van der Waals surface area contributed by atoms with Gasteiger partial charge >= 0.3 is 23.9 Å². The molecule has 2 aliphatic heterocycles. The summed E-state index contributed by atoms with van der Waals surface area (Å²) in [6, 6.07) is 5.05. The predicted octanol–water partition coefficient (Wildman–Crippen LogP) is 1.99. The highest BCUT2D eigenvalue weighted by atomic mass is 32.2. The third kappa shape index (κ3) is 7.74. The number of thioether (sulfide) groups is 1. The lowest BCUT2D eigenvalue weighted by atomic mass is 9.96. The van der Waals surface area contributed by atoms with Gasteiger partial charge < -0.3 is 33.2 Å². The van der Waals surface area contributed by atoms with Crippen molar-refractivity contribution in [3.63, 3.8) is 0 Å². The number of amides is 1. The lowest BCUT2D eigenvalue weighted by Crippen LogP contribution is -2.66. The van der Waals surface area contributed by atoms with Gasteiger partial charge in [0.05, 0.1) is 19.1 Å². The summed E-state index contributed by atoms with van der Waals surface area (Å²) < 4.78 is 38.1. The van der Waals surface area contributed by atoms with E-state index in [1.807, 2.05) is 0 Å².